The van der Waals surface area contributed by atoms with E-state index in [1.165, 1.54) is 31.4 Å². The summed E-state index contributed by atoms with van der Waals surface area (Å²) >= 11 is 6.10. The van der Waals surface area contributed by atoms with Crippen LogP contribution in [0.3, 0.4) is 0 Å². The lowest BCUT2D eigenvalue weighted by Gasteiger charge is -2.27. The Morgan fingerprint density at radius 2 is 1.93 bits per heavy atom. The van der Waals surface area contributed by atoms with Gasteiger partial charge in [0.05, 0.1) is 12.6 Å². The molecule has 0 bridgehead atoms. The van der Waals surface area contributed by atoms with Gasteiger partial charge in [0, 0.05) is 11.1 Å². The predicted octanol–water partition coefficient (Wildman–Crippen LogP) is 3.42. The lowest BCUT2D eigenvalue weighted by molar-refractivity contribution is -0.120. The molecule has 0 spiro atoms. The third kappa shape index (κ3) is 6.22. The van der Waals surface area contributed by atoms with Crippen molar-refractivity contribution in [2.75, 3.05) is 13.7 Å². The van der Waals surface area contributed by atoms with Crippen LogP contribution in [0.4, 0.5) is 4.39 Å². The van der Waals surface area contributed by atoms with Crippen molar-refractivity contribution >= 4 is 29.5 Å². The van der Waals surface area contributed by atoms with E-state index >= 15 is 0 Å². The highest BCUT2D eigenvalue weighted by Crippen LogP contribution is 2.29. The molecular formula is C21H22ClFN2O4. The molecular weight excluding hydrogens is 399 g/mol. The normalized spacial score (nSPS) is 11.3. The Hall–Kier alpha value is -3.06. The number of hydrogen-bond donors (Lipinski definition) is 2. The third-order valence-electron chi connectivity index (χ3n) is 4.02. The number of carbonyl (C=O) groups excluding carboxylic acids is 2. The second-order valence-corrected chi connectivity index (χ2v) is 7.14. The van der Waals surface area contributed by atoms with Gasteiger partial charge in [0.1, 0.15) is 5.82 Å². The van der Waals surface area contributed by atoms with Gasteiger partial charge in [-0.15, -0.1) is 0 Å². The van der Waals surface area contributed by atoms with Gasteiger partial charge in [-0.1, -0.05) is 23.7 Å². The highest BCUT2D eigenvalue weighted by molar-refractivity contribution is 6.31. The zero-order valence-electron chi connectivity index (χ0n) is 16.3. The quantitative estimate of drug-likeness (QED) is 0.640. The van der Waals surface area contributed by atoms with Gasteiger partial charge in [-0.05, 0) is 55.3 Å². The molecule has 2 rings (SSSR count). The summed E-state index contributed by atoms with van der Waals surface area (Å²) in [6.45, 7) is 3.27. The Morgan fingerprint density at radius 1 is 1.21 bits per heavy atom. The van der Waals surface area contributed by atoms with E-state index in [4.69, 9.17) is 26.8 Å². The van der Waals surface area contributed by atoms with E-state index in [0.717, 1.165) is 0 Å². The minimum atomic E-state index is -0.809. The number of nitrogens with two attached hydrogens (primary N) is 1. The standard InChI is InChI=1S/C21H22ClFN2O4/c1-21(2,15-7-6-14(23)11-16(15)22)25-20(27)9-5-13-4-8-17(18(10-13)28-3)29-12-19(24)26/h4-11H,12H2,1-3H3,(H2,24,26)(H,25,27). The van der Waals surface area contributed by atoms with E-state index in [-0.39, 0.29) is 17.5 Å². The SMILES string of the molecule is COc1cc(C=CC(=O)NC(C)(C)c2ccc(F)cc2Cl)ccc1OCC(N)=O. The Labute approximate surface area is 173 Å². The van der Waals surface area contributed by atoms with Gasteiger partial charge in [-0.25, -0.2) is 4.39 Å². The van der Waals surface area contributed by atoms with Crippen LogP contribution < -0.4 is 20.5 Å². The molecule has 6 nitrogen and oxygen atoms in total. The molecule has 29 heavy (non-hydrogen) atoms. The van der Waals surface area contributed by atoms with Crippen LogP contribution in [-0.4, -0.2) is 25.5 Å². The molecule has 2 aromatic rings. The molecule has 0 saturated carbocycles. The van der Waals surface area contributed by atoms with Gasteiger partial charge in [-0.3, -0.25) is 9.59 Å². The number of halogens is 2. The minimum absolute atomic E-state index is 0.232. The molecule has 0 atom stereocenters. The van der Waals surface area contributed by atoms with Gasteiger partial charge in [-0.2, -0.15) is 0 Å². The van der Waals surface area contributed by atoms with Crippen LogP contribution in [-0.2, 0) is 15.1 Å². The van der Waals surface area contributed by atoms with Crippen molar-refractivity contribution in [2.45, 2.75) is 19.4 Å². The predicted molar refractivity (Wildman–Crippen MR) is 109 cm³/mol. The molecule has 0 saturated heterocycles. The van der Waals surface area contributed by atoms with E-state index in [1.54, 1.807) is 38.1 Å². The summed E-state index contributed by atoms with van der Waals surface area (Å²) in [5, 5.41) is 3.07. The fourth-order valence-corrected chi connectivity index (χ4v) is 3.04. The molecule has 8 heteroatoms. The number of carbonyl (C=O) groups is 2. The first-order valence-corrected chi connectivity index (χ1v) is 9.05. The zero-order valence-corrected chi connectivity index (χ0v) is 17.0. The van der Waals surface area contributed by atoms with Crippen LogP contribution in [0, 0.1) is 5.82 Å². The number of methoxy groups -OCH3 is 1. The van der Waals surface area contributed by atoms with E-state index in [0.29, 0.717) is 22.6 Å². The summed E-state index contributed by atoms with van der Waals surface area (Å²) in [5.41, 5.74) is 5.53. The van der Waals surface area contributed by atoms with Gasteiger partial charge >= 0.3 is 0 Å². The Bertz CT molecular complexity index is 944. The summed E-state index contributed by atoms with van der Waals surface area (Å²) in [6.07, 6.45) is 2.95. The number of rotatable bonds is 8. The zero-order chi connectivity index (χ0) is 21.6. The first-order chi connectivity index (χ1) is 13.6. The third-order valence-corrected chi connectivity index (χ3v) is 4.34. The second kappa shape index (κ2) is 9.43. The van der Waals surface area contributed by atoms with E-state index in [1.807, 2.05) is 0 Å². The topological polar surface area (TPSA) is 90.7 Å². The van der Waals surface area contributed by atoms with E-state index in [9.17, 15) is 14.0 Å². The summed E-state index contributed by atoms with van der Waals surface area (Å²) in [4.78, 5) is 23.2. The smallest absolute Gasteiger partial charge is 0.255 e. The van der Waals surface area contributed by atoms with Crippen LogP contribution in [0.15, 0.2) is 42.5 Å². The van der Waals surface area contributed by atoms with Gasteiger partial charge in [0.15, 0.2) is 18.1 Å². The second-order valence-electron chi connectivity index (χ2n) is 6.74. The van der Waals surface area contributed by atoms with Crippen molar-refractivity contribution in [3.8, 4) is 11.5 Å². The number of hydrogen-bond acceptors (Lipinski definition) is 4. The average Bonchev–Trinajstić information content (AvgIpc) is 2.64. The van der Waals surface area contributed by atoms with Crippen LogP contribution in [0.25, 0.3) is 6.08 Å². The summed E-state index contributed by atoms with van der Waals surface area (Å²) in [7, 11) is 1.46. The van der Waals surface area contributed by atoms with Crippen molar-refractivity contribution in [3.05, 3.63) is 64.4 Å². The Morgan fingerprint density at radius 3 is 2.55 bits per heavy atom. The number of amides is 2. The maximum Gasteiger partial charge on any atom is 0.255 e. The van der Waals surface area contributed by atoms with Crippen LogP contribution in [0.5, 0.6) is 11.5 Å². The monoisotopic (exact) mass is 420 g/mol. The molecule has 154 valence electrons. The van der Waals surface area contributed by atoms with Crippen LogP contribution >= 0.6 is 11.6 Å². The van der Waals surface area contributed by atoms with Crippen LogP contribution in [0.1, 0.15) is 25.0 Å². The Kier molecular flexibility index (Phi) is 7.23. The number of nitrogens with one attached hydrogen (secondary N) is 1. The van der Waals surface area contributed by atoms with E-state index < -0.39 is 17.3 Å². The molecule has 0 fully saturated rings. The van der Waals surface area contributed by atoms with Gasteiger partial charge < -0.3 is 20.5 Å². The molecule has 0 aromatic heterocycles. The number of benzene rings is 2. The van der Waals surface area contributed by atoms with Crippen molar-refractivity contribution in [3.63, 3.8) is 0 Å². The summed E-state index contributed by atoms with van der Waals surface area (Å²) in [6, 6.07) is 9.00. The molecule has 0 heterocycles. The molecule has 2 amide bonds. The average molecular weight is 421 g/mol. The molecule has 0 aliphatic carbocycles. The fraction of sp³-hybridized carbons (Fsp3) is 0.238. The first-order valence-electron chi connectivity index (χ1n) is 8.67. The van der Waals surface area contributed by atoms with Gasteiger partial charge in [0.2, 0.25) is 5.91 Å². The van der Waals surface area contributed by atoms with Gasteiger partial charge in [0.25, 0.3) is 5.91 Å². The van der Waals surface area contributed by atoms with Crippen molar-refractivity contribution < 1.29 is 23.5 Å². The largest absolute Gasteiger partial charge is 0.493 e. The molecule has 0 aliphatic heterocycles. The lowest BCUT2D eigenvalue weighted by atomic mass is 9.94. The molecule has 0 aliphatic rings. The maximum atomic E-state index is 13.3. The molecule has 0 unspecified atom stereocenters. The molecule has 3 N–H and O–H groups in total. The van der Waals surface area contributed by atoms with Crippen molar-refractivity contribution in [1.29, 1.82) is 0 Å². The maximum absolute atomic E-state index is 13.3. The Balaban J connectivity index is 2.10. The minimum Gasteiger partial charge on any atom is -0.493 e. The van der Waals surface area contributed by atoms with Crippen LogP contribution in [0.2, 0.25) is 5.02 Å². The lowest BCUT2D eigenvalue weighted by Crippen LogP contribution is -2.40. The van der Waals surface area contributed by atoms with Crippen molar-refractivity contribution in [1.82, 2.24) is 5.32 Å². The highest BCUT2D eigenvalue weighted by Gasteiger charge is 2.24. The molecule has 2 aromatic carbocycles. The highest BCUT2D eigenvalue weighted by atomic mass is 35.5. The number of primary amides is 1. The summed E-state index contributed by atoms with van der Waals surface area (Å²) < 4.78 is 23.8. The fourth-order valence-electron chi connectivity index (χ4n) is 2.64. The number of ether oxygens (including phenoxy) is 2. The molecule has 0 radical (unpaired) electrons. The van der Waals surface area contributed by atoms with E-state index in [2.05, 4.69) is 5.32 Å². The first kappa shape index (κ1) is 22.2. The summed E-state index contributed by atoms with van der Waals surface area (Å²) in [5.74, 6) is -0.648. The van der Waals surface area contributed by atoms with Crippen molar-refractivity contribution in [2.24, 2.45) is 5.73 Å².